The molecule has 0 unspecified atom stereocenters. The van der Waals surface area contributed by atoms with Crippen molar-refractivity contribution in [2.45, 2.75) is 13.8 Å². The number of hydrazine groups is 1. The van der Waals surface area contributed by atoms with Crippen molar-refractivity contribution < 1.29 is 14.3 Å². The quantitative estimate of drug-likeness (QED) is 0.420. The van der Waals surface area contributed by atoms with Crippen LogP contribution in [0, 0.1) is 13.8 Å². The topological polar surface area (TPSA) is 79.5 Å². The third-order valence-electron chi connectivity index (χ3n) is 3.69. The number of ether oxygens (including phenoxy) is 1. The molecule has 0 radical (unpaired) electrons. The molecule has 0 heterocycles. The number of nitrogens with one attached hydrogen (secondary N) is 3. The van der Waals surface area contributed by atoms with E-state index in [4.69, 9.17) is 17.0 Å². The molecule has 7 heteroatoms. The highest BCUT2D eigenvalue weighted by Gasteiger charge is 2.07. The Morgan fingerprint density at radius 1 is 1.04 bits per heavy atom. The Balaban J connectivity index is 1.71. The van der Waals surface area contributed by atoms with Crippen molar-refractivity contribution in [3.63, 3.8) is 0 Å². The van der Waals surface area contributed by atoms with E-state index in [1.807, 2.05) is 56.3 Å². The van der Waals surface area contributed by atoms with E-state index in [1.165, 1.54) is 6.08 Å². The minimum atomic E-state index is -0.424. The van der Waals surface area contributed by atoms with Gasteiger partial charge in [-0.1, -0.05) is 42.5 Å². The van der Waals surface area contributed by atoms with Crippen molar-refractivity contribution in [1.82, 2.24) is 16.2 Å². The van der Waals surface area contributed by atoms with Gasteiger partial charge in [0.2, 0.25) is 5.91 Å². The third-order valence-corrected chi connectivity index (χ3v) is 3.90. The highest BCUT2D eigenvalue weighted by Crippen LogP contribution is 2.20. The average Bonchev–Trinajstić information content (AvgIpc) is 2.66. The summed E-state index contributed by atoms with van der Waals surface area (Å²) in [5, 5.41) is 2.42. The fourth-order valence-corrected chi connectivity index (χ4v) is 2.26. The minimum Gasteiger partial charge on any atom is -0.483 e. The fraction of sp³-hybridized carbons (Fsp3) is 0.150. The molecule has 3 N–H and O–H groups in total. The molecule has 0 atom stereocenters. The lowest BCUT2D eigenvalue weighted by molar-refractivity contribution is -0.123. The van der Waals surface area contributed by atoms with Crippen molar-refractivity contribution in [3.8, 4) is 5.75 Å². The minimum absolute atomic E-state index is 0.0159. The average molecular weight is 383 g/mol. The molecular formula is C20H21N3O3S. The summed E-state index contributed by atoms with van der Waals surface area (Å²) in [4.78, 5) is 23.6. The summed E-state index contributed by atoms with van der Waals surface area (Å²) in [5.74, 6) is -0.184. The summed E-state index contributed by atoms with van der Waals surface area (Å²) in [7, 11) is 0. The zero-order valence-electron chi connectivity index (χ0n) is 15.1. The van der Waals surface area contributed by atoms with Crippen LogP contribution in [0.25, 0.3) is 6.08 Å². The Morgan fingerprint density at radius 3 is 2.52 bits per heavy atom. The molecule has 0 saturated heterocycles. The van der Waals surface area contributed by atoms with Crippen LogP contribution in [0.5, 0.6) is 5.75 Å². The van der Waals surface area contributed by atoms with E-state index in [9.17, 15) is 9.59 Å². The second-order valence-electron chi connectivity index (χ2n) is 5.72. The number of hydrogen-bond acceptors (Lipinski definition) is 4. The summed E-state index contributed by atoms with van der Waals surface area (Å²) in [5.41, 5.74) is 7.78. The van der Waals surface area contributed by atoms with Gasteiger partial charge in [-0.05, 0) is 54.9 Å². The normalized spacial score (nSPS) is 10.3. The Labute approximate surface area is 163 Å². The number of carbonyl (C=O) groups excluding carboxylic acids is 2. The molecule has 140 valence electrons. The first kappa shape index (κ1) is 20.1. The van der Waals surface area contributed by atoms with E-state index in [1.54, 1.807) is 12.1 Å². The highest BCUT2D eigenvalue weighted by molar-refractivity contribution is 7.80. The van der Waals surface area contributed by atoms with Crippen molar-refractivity contribution in [1.29, 1.82) is 0 Å². The van der Waals surface area contributed by atoms with Crippen molar-refractivity contribution in [3.05, 3.63) is 71.3 Å². The monoisotopic (exact) mass is 383 g/mol. The Kier molecular flexibility index (Phi) is 7.51. The molecule has 0 saturated carbocycles. The van der Waals surface area contributed by atoms with E-state index in [2.05, 4.69) is 16.2 Å². The van der Waals surface area contributed by atoms with Crippen LogP contribution in [0.1, 0.15) is 16.7 Å². The van der Waals surface area contributed by atoms with Gasteiger partial charge < -0.3 is 4.74 Å². The van der Waals surface area contributed by atoms with Crippen molar-refractivity contribution in [2.24, 2.45) is 0 Å². The molecule has 27 heavy (non-hydrogen) atoms. The molecule has 0 aliphatic rings. The molecule has 2 aromatic carbocycles. The molecule has 6 nitrogen and oxygen atoms in total. The van der Waals surface area contributed by atoms with Crippen LogP contribution in [0.4, 0.5) is 0 Å². The van der Waals surface area contributed by atoms with E-state index < -0.39 is 11.8 Å². The van der Waals surface area contributed by atoms with Crippen LogP contribution in [-0.4, -0.2) is 23.5 Å². The third kappa shape index (κ3) is 6.91. The van der Waals surface area contributed by atoms with Gasteiger partial charge in [-0.15, -0.1) is 0 Å². The summed E-state index contributed by atoms with van der Waals surface area (Å²) >= 11 is 4.96. The lowest BCUT2D eigenvalue weighted by atomic mass is 10.1. The van der Waals surface area contributed by atoms with E-state index in [0.717, 1.165) is 16.7 Å². The number of amides is 2. The highest BCUT2D eigenvalue weighted by atomic mass is 32.1. The van der Waals surface area contributed by atoms with Crippen LogP contribution in [0.3, 0.4) is 0 Å². The summed E-state index contributed by atoms with van der Waals surface area (Å²) < 4.78 is 5.49. The van der Waals surface area contributed by atoms with Crippen LogP contribution < -0.4 is 20.9 Å². The molecular weight excluding hydrogens is 362 g/mol. The predicted octanol–water partition coefficient (Wildman–Crippen LogP) is 2.42. The first-order valence-electron chi connectivity index (χ1n) is 8.27. The van der Waals surface area contributed by atoms with Gasteiger partial charge in [0.15, 0.2) is 11.7 Å². The first-order valence-corrected chi connectivity index (χ1v) is 8.68. The number of hydrogen-bond donors (Lipinski definition) is 3. The van der Waals surface area contributed by atoms with Gasteiger partial charge in [-0.25, -0.2) is 0 Å². The molecule has 2 rings (SSSR count). The molecule has 0 spiro atoms. The summed E-state index contributed by atoms with van der Waals surface area (Å²) in [6.07, 6.45) is 3.02. The zero-order chi connectivity index (χ0) is 19.6. The first-order chi connectivity index (χ1) is 13.0. The lowest BCUT2D eigenvalue weighted by Crippen LogP contribution is -2.49. The molecule has 0 bridgehead atoms. The SMILES string of the molecule is Cc1cccc(OCC(=O)NNC(=S)NC(=O)/C=C/c2ccccc2)c1C. The Hall–Kier alpha value is -3.19. The summed E-state index contributed by atoms with van der Waals surface area (Å²) in [6, 6.07) is 15.0. The second-order valence-corrected chi connectivity index (χ2v) is 6.13. The zero-order valence-corrected chi connectivity index (χ0v) is 15.9. The van der Waals surface area contributed by atoms with Gasteiger partial charge in [-0.3, -0.25) is 25.8 Å². The van der Waals surface area contributed by atoms with Gasteiger partial charge >= 0.3 is 0 Å². The van der Waals surface area contributed by atoms with Crippen molar-refractivity contribution >= 4 is 35.2 Å². The second kappa shape index (κ2) is 10.1. The fourth-order valence-electron chi connectivity index (χ4n) is 2.11. The van der Waals surface area contributed by atoms with Crippen LogP contribution in [0.2, 0.25) is 0 Å². The van der Waals surface area contributed by atoms with E-state index >= 15 is 0 Å². The number of rotatable bonds is 5. The van der Waals surface area contributed by atoms with Crippen LogP contribution in [-0.2, 0) is 9.59 Å². The van der Waals surface area contributed by atoms with Gasteiger partial charge in [0.25, 0.3) is 5.91 Å². The number of aryl methyl sites for hydroxylation is 1. The van der Waals surface area contributed by atoms with Crippen molar-refractivity contribution in [2.75, 3.05) is 6.61 Å². The molecule has 0 aliphatic heterocycles. The van der Waals surface area contributed by atoms with Gasteiger partial charge in [0.05, 0.1) is 0 Å². The molecule has 0 aromatic heterocycles. The maximum absolute atomic E-state index is 11.8. The van der Waals surface area contributed by atoms with Gasteiger partial charge in [0, 0.05) is 6.08 Å². The largest absolute Gasteiger partial charge is 0.483 e. The smallest absolute Gasteiger partial charge is 0.276 e. The van der Waals surface area contributed by atoms with E-state index in [-0.39, 0.29) is 11.7 Å². The molecule has 0 aliphatic carbocycles. The maximum Gasteiger partial charge on any atom is 0.276 e. The Bertz CT molecular complexity index is 851. The standard InChI is InChI=1S/C20H21N3O3S/c1-14-7-6-10-17(15(14)2)26-13-19(25)22-23-20(27)21-18(24)12-11-16-8-4-3-5-9-16/h3-12H,13H2,1-2H3,(H,22,25)(H2,21,23,24,27)/b12-11+. The Morgan fingerprint density at radius 2 is 1.78 bits per heavy atom. The molecule has 2 aromatic rings. The molecule has 0 fully saturated rings. The maximum atomic E-state index is 11.8. The lowest BCUT2D eigenvalue weighted by Gasteiger charge is -2.12. The molecule has 2 amide bonds. The van der Waals surface area contributed by atoms with Crippen LogP contribution >= 0.6 is 12.2 Å². The number of carbonyl (C=O) groups is 2. The van der Waals surface area contributed by atoms with Gasteiger partial charge in [-0.2, -0.15) is 0 Å². The van der Waals surface area contributed by atoms with E-state index in [0.29, 0.717) is 5.75 Å². The van der Waals surface area contributed by atoms with Gasteiger partial charge in [0.1, 0.15) is 5.75 Å². The predicted molar refractivity (Wildman–Crippen MR) is 109 cm³/mol. The number of benzene rings is 2. The van der Waals surface area contributed by atoms with Crippen LogP contribution in [0.15, 0.2) is 54.6 Å². The summed E-state index contributed by atoms with van der Waals surface area (Å²) in [6.45, 7) is 3.72. The number of thiocarbonyl (C=S) groups is 1.